The molecule has 3 aromatic rings. The second-order valence-electron chi connectivity index (χ2n) is 8.49. The first-order valence-electron chi connectivity index (χ1n) is 11.3. The number of thioether (sulfide) groups is 1. The van der Waals surface area contributed by atoms with Gasteiger partial charge in [-0.25, -0.2) is 9.97 Å². The summed E-state index contributed by atoms with van der Waals surface area (Å²) in [6, 6.07) is 13.7. The molecular weight excluding hydrogens is 446 g/mol. The molecule has 7 nitrogen and oxygen atoms in total. The maximum absolute atomic E-state index is 13.0. The Morgan fingerprint density at radius 1 is 0.971 bits per heavy atom. The summed E-state index contributed by atoms with van der Waals surface area (Å²) in [6.07, 6.45) is 3.52. The summed E-state index contributed by atoms with van der Waals surface area (Å²) >= 11 is 1.53. The van der Waals surface area contributed by atoms with Gasteiger partial charge in [0.1, 0.15) is 10.8 Å². The zero-order chi connectivity index (χ0) is 24.1. The van der Waals surface area contributed by atoms with E-state index in [1.807, 2.05) is 43.1 Å². The van der Waals surface area contributed by atoms with Crippen LogP contribution in [0.15, 0.2) is 59.9 Å². The number of carbonyl (C=O) groups is 2. The Hall–Kier alpha value is -3.39. The van der Waals surface area contributed by atoms with Crippen molar-refractivity contribution in [3.8, 4) is 0 Å². The van der Waals surface area contributed by atoms with Crippen molar-refractivity contribution in [2.24, 2.45) is 0 Å². The minimum Gasteiger partial charge on any atom is -0.353 e. The molecule has 34 heavy (non-hydrogen) atoms. The number of aromatic nitrogens is 2. The van der Waals surface area contributed by atoms with Crippen LogP contribution in [0.3, 0.4) is 0 Å². The summed E-state index contributed by atoms with van der Waals surface area (Å²) in [5.74, 6) is 1.53. The monoisotopic (exact) mass is 475 g/mol. The molecule has 1 saturated heterocycles. The van der Waals surface area contributed by atoms with Crippen molar-refractivity contribution in [3.05, 3.63) is 77.1 Å². The summed E-state index contributed by atoms with van der Waals surface area (Å²) < 4.78 is 0. The Morgan fingerprint density at radius 2 is 1.71 bits per heavy atom. The fourth-order valence-electron chi connectivity index (χ4n) is 4.05. The SMILES string of the molecule is CC(=O)N1CCN(c2cc(CSc3ncccc3C(=O)Nc3cc(C)cc(C)c3)ccn2)CC1. The molecule has 0 spiro atoms. The third-order valence-electron chi connectivity index (χ3n) is 5.73. The van der Waals surface area contributed by atoms with Gasteiger partial charge in [-0.2, -0.15) is 0 Å². The highest BCUT2D eigenvalue weighted by atomic mass is 32.2. The van der Waals surface area contributed by atoms with Crippen LogP contribution in [0.25, 0.3) is 0 Å². The Morgan fingerprint density at radius 3 is 2.41 bits per heavy atom. The van der Waals surface area contributed by atoms with E-state index in [1.165, 1.54) is 11.8 Å². The van der Waals surface area contributed by atoms with Crippen molar-refractivity contribution in [2.45, 2.75) is 31.6 Å². The Bertz CT molecular complexity index is 1170. The first-order valence-corrected chi connectivity index (χ1v) is 12.3. The number of piperazine rings is 1. The first-order chi connectivity index (χ1) is 16.4. The Labute approximate surface area is 204 Å². The van der Waals surface area contributed by atoms with Crippen molar-refractivity contribution in [3.63, 3.8) is 0 Å². The lowest BCUT2D eigenvalue weighted by Gasteiger charge is -2.35. The van der Waals surface area contributed by atoms with Crippen LogP contribution >= 0.6 is 11.8 Å². The summed E-state index contributed by atoms with van der Waals surface area (Å²) in [6.45, 7) is 8.60. The van der Waals surface area contributed by atoms with E-state index >= 15 is 0 Å². The van der Waals surface area contributed by atoms with Crippen LogP contribution in [0, 0.1) is 13.8 Å². The van der Waals surface area contributed by atoms with Crippen LogP contribution in [0.2, 0.25) is 0 Å². The van der Waals surface area contributed by atoms with Gasteiger partial charge in [-0.1, -0.05) is 6.07 Å². The molecule has 4 rings (SSSR count). The molecule has 1 N–H and O–H groups in total. The second kappa shape index (κ2) is 10.7. The smallest absolute Gasteiger partial charge is 0.258 e. The molecule has 8 heteroatoms. The lowest BCUT2D eigenvalue weighted by Crippen LogP contribution is -2.48. The molecule has 0 radical (unpaired) electrons. The summed E-state index contributed by atoms with van der Waals surface area (Å²) in [5, 5.41) is 3.70. The predicted molar refractivity (Wildman–Crippen MR) is 136 cm³/mol. The van der Waals surface area contributed by atoms with E-state index < -0.39 is 0 Å². The van der Waals surface area contributed by atoms with Crippen LogP contribution in [0.4, 0.5) is 11.5 Å². The van der Waals surface area contributed by atoms with Crippen LogP contribution in [-0.2, 0) is 10.5 Å². The van der Waals surface area contributed by atoms with Crippen LogP contribution < -0.4 is 10.2 Å². The number of benzene rings is 1. The number of hydrogen-bond acceptors (Lipinski definition) is 6. The summed E-state index contributed by atoms with van der Waals surface area (Å²) in [5.41, 5.74) is 4.65. The molecule has 0 bridgehead atoms. The lowest BCUT2D eigenvalue weighted by atomic mass is 10.1. The molecule has 1 fully saturated rings. The third-order valence-corrected chi connectivity index (χ3v) is 6.81. The zero-order valence-electron chi connectivity index (χ0n) is 19.7. The first kappa shape index (κ1) is 23.8. The second-order valence-corrected chi connectivity index (χ2v) is 9.45. The lowest BCUT2D eigenvalue weighted by molar-refractivity contribution is -0.129. The fraction of sp³-hybridized carbons (Fsp3) is 0.308. The average Bonchev–Trinajstić information content (AvgIpc) is 2.82. The highest BCUT2D eigenvalue weighted by Gasteiger charge is 2.20. The van der Waals surface area contributed by atoms with Crippen molar-refractivity contribution < 1.29 is 9.59 Å². The van der Waals surface area contributed by atoms with E-state index in [4.69, 9.17) is 0 Å². The van der Waals surface area contributed by atoms with Gasteiger partial charge in [0.2, 0.25) is 5.91 Å². The van der Waals surface area contributed by atoms with Gasteiger partial charge in [-0.3, -0.25) is 9.59 Å². The minimum absolute atomic E-state index is 0.116. The molecule has 2 aromatic heterocycles. The maximum Gasteiger partial charge on any atom is 0.258 e. The molecule has 1 aliphatic rings. The molecule has 0 unspecified atom stereocenters. The van der Waals surface area contributed by atoms with Crippen molar-refractivity contribution in [1.82, 2.24) is 14.9 Å². The number of anilines is 2. The average molecular weight is 476 g/mol. The molecule has 1 aromatic carbocycles. The third kappa shape index (κ3) is 5.94. The summed E-state index contributed by atoms with van der Waals surface area (Å²) in [7, 11) is 0. The number of pyridine rings is 2. The number of amides is 2. The van der Waals surface area contributed by atoms with Gasteiger partial charge in [0.25, 0.3) is 5.91 Å². The normalized spacial score (nSPS) is 13.6. The van der Waals surface area contributed by atoms with Crippen LogP contribution in [0.1, 0.15) is 34.0 Å². The summed E-state index contributed by atoms with van der Waals surface area (Å²) in [4.78, 5) is 37.6. The van der Waals surface area contributed by atoms with Crippen LogP contribution in [-0.4, -0.2) is 52.9 Å². The van der Waals surface area contributed by atoms with Gasteiger partial charge in [0, 0.05) is 56.9 Å². The Kier molecular flexibility index (Phi) is 7.47. The van der Waals surface area contributed by atoms with E-state index in [-0.39, 0.29) is 11.8 Å². The van der Waals surface area contributed by atoms with E-state index in [0.717, 1.165) is 41.3 Å². The highest BCUT2D eigenvalue weighted by molar-refractivity contribution is 7.98. The zero-order valence-corrected chi connectivity index (χ0v) is 20.6. The van der Waals surface area contributed by atoms with E-state index in [9.17, 15) is 9.59 Å². The molecule has 3 heterocycles. The van der Waals surface area contributed by atoms with E-state index in [1.54, 1.807) is 25.3 Å². The number of carbonyl (C=O) groups excluding carboxylic acids is 2. The predicted octanol–water partition coefficient (Wildman–Crippen LogP) is 4.31. The number of rotatable bonds is 6. The number of nitrogens with zero attached hydrogens (tertiary/aromatic N) is 4. The molecular formula is C26H29N5O2S. The highest BCUT2D eigenvalue weighted by Crippen LogP contribution is 2.26. The molecule has 0 atom stereocenters. The molecule has 2 amide bonds. The maximum atomic E-state index is 13.0. The topological polar surface area (TPSA) is 78.4 Å². The standard InChI is InChI=1S/C26H29N5O2S/c1-18-13-19(2)15-22(14-18)29-25(33)23-5-4-7-28-26(23)34-17-21-6-8-27-24(16-21)31-11-9-30(10-12-31)20(3)32/h4-8,13-16H,9-12,17H2,1-3H3,(H,29,33). The molecule has 176 valence electrons. The van der Waals surface area contributed by atoms with E-state index in [0.29, 0.717) is 29.4 Å². The van der Waals surface area contributed by atoms with Gasteiger partial charge < -0.3 is 15.1 Å². The fourth-order valence-corrected chi connectivity index (χ4v) is 4.98. The van der Waals surface area contributed by atoms with Gasteiger partial charge in [-0.05, 0) is 66.9 Å². The number of nitrogens with one attached hydrogen (secondary N) is 1. The van der Waals surface area contributed by atoms with E-state index in [2.05, 4.69) is 32.3 Å². The molecule has 1 aliphatic heterocycles. The molecule has 0 aliphatic carbocycles. The van der Waals surface area contributed by atoms with Gasteiger partial charge >= 0.3 is 0 Å². The van der Waals surface area contributed by atoms with Gasteiger partial charge in [0.15, 0.2) is 0 Å². The number of hydrogen-bond donors (Lipinski definition) is 1. The van der Waals surface area contributed by atoms with Gasteiger partial charge in [-0.15, -0.1) is 11.8 Å². The van der Waals surface area contributed by atoms with Crippen molar-refractivity contribution in [1.29, 1.82) is 0 Å². The Balaban J connectivity index is 1.42. The van der Waals surface area contributed by atoms with Crippen molar-refractivity contribution in [2.75, 3.05) is 36.4 Å². The van der Waals surface area contributed by atoms with Crippen LogP contribution in [0.5, 0.6) is 0 Å². The van der Waals surface area contributed by atoms with Gasteiger partial charge in [0.05, 0.1) is 5.56 Å². The number of aryl methyl sites for hydroxylation is 2. The van der Waals surface area contributed by atoms with Crippen molar-refractivity contribution >= 4 is 35.1 Å². The largest absolute Gasteiger partial charge is 0.353 e. The minimum atomic E-state index is -0.167. The quantitative estimate of drug-likeness (QED) is 0.536. The molecule has 0 saturated carbocycles.